The number of unbranched alkanes of at least 4 members (excludes halogenated alkanes) is 1. The Morgan fingerprint density at radius 3 is 2.44 bits per heavy atom. The Kier molecular flexibility index (Phi) is 7.61. The highest BCUT2D eigenvalue weighted by Gasteiger charge is 2.17. The van der Waals surface area contributed by atoms with Crippen LogP contribution in [-0.4, -0.2) is 24.5 Å². The van der Waals surface area contributed by atoms with Crippen molar-refractivity contribution in [2.75, 3.05) is 6.61 Å². The lowest BCUT2D eigenvalue weighted by Gasteiger charge is -2.15. The molecule has 7 heteroatoms. The van der Waals surface area contributed by atoms with Gasteiger partial charge in [-0.25, -0.2) is 4.39 Å². The fraction of sp³-hybridized carbons (Fsp3) is 0.300. The Labute approximate surface area is 157 Å². The third-order valence-electron chi connectivity index (χ3n) is 3.69. The van der Waals surface area contributed by atoms with Gasteiger partial charge in [0.2, 0.25) is 0 Å². The van der Waals surface area contributed by atoms with E-state index in [0.717, 1.165) is 12.8 Å². The van der Waals surface area contributed by atoms with Crippen LogP contribution in [0.5, 0.6) is 11.5 Å². The van der Waals surface area contributed by atoms with E-state index in [9.17, 15) is 14.0 Å². The first-order valence-electron chi connectivity index (χ1n) is 8.75. The molecule has 1 atom stereocenters. The predicted molar refractivity (Wildman–Crippen MR) is 98.9 cm³/mol. The highest BCUT2D eigenvalue weighted by Crippen LogP contribution is 2.17. The molecule has 2 rings (SSSR count). The van der Waals surface area contributed by atoms with Gasteiger partial charge in [0.05, 0.1) is 6.61 Å². The summed E-state index contributed by atoms with van der Waals surface area (Å²) in [6.07, 6.45) is 1.01. The lowest BCUT2D eigenvalue weighted by molar-refractivity contribution is -0.128. The molecule has 0 fully saturated rings. The van der Waals surface area contributed by atoms with Crippen molar-refractivity contribution in [3.8, 4) is 11.5 Å². The number of hydrazine groups is 1. The molecule has 0 aliphatic rings. The number of para-hydroxylation sites is 1. The SMILES string of the molecule is CCCCOc1ccc(C(=O)NNC(=O)[C@H](C)Oc2ccccc2F)cc1. The molecule has 0 radical (unpaired) electrons. The van der Waals surface area contributed by atoms with Crippen LogP contribution in [0.4, 0.5) is 4.39 Å². The zero-order valence-electron chi connectivity index (χ0n) is 15.3. The molecule has 0 unspecified atom stereocenters. The smallest absolute Gasteiger partial charge is 0.279 e. The molecule has 2 N–H and O–H groups in total. The third kappa shape index (κ3) is 6.29. The molecule has 0 aromatic heterocycles. The summed E-state index contributed by atoms with van der Waals surface area (Å²) in [7, 11) is 0. The van der Waals surface area contributed by atoms with Gasteiger partial charge in [-0.1, -0.05) is 25.5 Å². The van der Waals surface area contributed by atoms with Gasteiger partial charge in [0.15, 0.2) is 17.7 Å². The van der Waals surface area contributed by atoms with E-state index in [2.05, 4.69) is 17.8 Å². The Balaban J connectivity index is 1.81. The van der Waals surface area contributed by atoms with Crippen molar-refractivity contribution in [1.29, 1.82) is 0 Å². The zero-order chi connectivity index (χ0) is 19.6. The molecule has 2 aromatic rings. The maximum atomic E-state index is 13.5. The van der Waals surface area contributed by atoms with E-state index < -0.39 is 23.7 Å². The summed E-state index contributed by atoms with van der Waals surface area (Å²) in [5.41, 5.74) is 4.92. The largest absolute Gasteiger partial charge is 0.494 e. The number of hydrogen-bond acceptors (Lipinski definition) is 4. The summed E-state index contributed by atoms with van der Waals surface area (Å²) in [4.78, 5) is 24.1. The van der Waals surface area contributed by atoms with Gasteiger partial charge in [-0.15, -0.1) is 0 Å². The van der Waals surface area contributed by atoms with Gasteiger partial charge < -0.3 is 9.47 Å². The van der Waals surface area contributed by atoms with Crippen LogP contribution in [-0.2, 0) is 4.79 Å². The minimum absolute atomic E-state index is 0.0369. The average Bonchev–Trinajstić information content (AvgIpc) is 2.68. The van der Waals surface area contributed by atoms with Gasteiger partial charge >= 0.3 is 0 Å². The number of nitrogens with one attached hydrogen (secondary N) is 2. The van der Waals surface area contributed by atoms with E-state index in [4.69, 9.17) is 9.47 Å². The quantitative estimate of drug-likeness (QED) is 0.549. The van der Waals surface area contributed by atoms with Crippen LogP contribution in [0, 0.1) is 5.82 Å². The van der Waals surface area contributed by atoms with Crippen molar-refractivity contribution < 1.29 is 23.5 Å². The van der Waals surface area contributed by atoms with Gasteiger partial charge in [-0.05, 0) is 49.7 Å². The van der Waals surface area contributed by atoms with Crippen LogP contribution in [0.2, 0.25) is 0 Å². The van der Waals surface area contributed by atoms with E-state index in [1.165, 1.54) is 25.1 Å². The number of halogens is 1. The number of hydrogen-bond donors (Lipinski definition) is 2. The first-order valence-corrected chi connectivity index (χ1v) is 8.75. The molecule has 0 aliphatic heterocycles. The molecule has 0 saturated carbocycles. The van der Waals surface area contributed by atoms with E-state index in [-0.39, 0.29) is 5.75 Å². The van der Waals surface area contributed by atoms with E-state index in [1.807, 2.05) is 0 Å². The predicted octanol–water partition coefficient (Wildman–Crippen LogP) is 3.23. The van der Waals surface area contributed by atoms with Crippen LogP contribution in [0.1, 0.15) is 37.0 Å². The molecule has 2 amide bonds. The van der Waals surface area contributed by atoms with Gasteiger partial charge in [0, 0.05) is 5.56 Å². The second-order valence-corrected chi connectivity index (χ2v) is 5.86. The summed E-state index contributed by atoms with van der Waals surface area (Å²) in [5, 5.41) is 0. The first-order chi connectivity index (χ1) is 13.0. The molecular weight excluding hydrogens is 351 g/mol. The maximum absolute atomic E-state index is 13.5. The Bertz CT molecular complexity index is 765. The van der Waals surface area contributed by atoms with Crippen LogP contribution in [0.15, 0.2) is 48.5 Å². The van der Waals surface area contributed by atoms with E-state index in [1.54, 1.807) is 30.3 Å². The van der Waals surface area contributed by atoms with E-state index in [0.29, 0.717) is 17.9 Å². The molecule has 144 valence electrons. The average molecular weight is 374 g/mol. The molecule has 2 aromatic carbocycles. The molecule has 0 heterocycles. The number of rotatable bonds is 8. The molecule has 0 aliphatic carbocycles. The number of ether oxygens (including phenoxy) is 2. The van der Waals surface area contributed by atoms with Crippen molar-refractivity contribution in [3.05, 3.63) is 59.9 Å². The molecule has 0 spiro atoms. The minimum Gasteiger partial charge on any atom is -0.494 e. The second kappa shape index (κ2) is 10.2. The van der Waals surface area contributed by atoms with Gasteiger partial charge in [-0.2, -0.15) is 0 Å². The summed E-state index contributed by atoms with van der Waals surface area (Å²) in [5.74, 6) is -1.02. The first kappa shape index (κ1) is 20.2. The highest BCUT2D eigenvalue weighted by molar-refractivity contribution is 5.95. The summed E-state index contributed by atoms with van der Waals surface area (Å²) in [6.45, 7) is 4.15. The van der Waals surface area contributed by atoms with Crippen LogP contribution in [0.25, 0.3) is 0 Å². The van der Waals surface area contributed by atoms with E-state index >= 15 is 0 Å². The molecular formula is C20H23FN2O4. The number of carbonyl (C=O) groups excluding carboxylic acids is 2. The maximum Gasteiger partial charge on any atom is 0.279 e. The highest BCUT2D eigenvalue weighted by atomic mass is 19.1. The van der Waals surface area contributed by atoms with Crippen molar-refractivity contribution in [2.24, 2.45) is 0 Å². The molecule has 0 bridgehead atoms. The van der Waals surface area contributed by atoms with Crippen LogP contribution >= 0.6 is 0 Å². The summed E-state index contributed by atoms with van der Waals surface area (Å²) >= 11 is 0. The molecule has 6 nitrogen and oxygen atoms in total. The standard InChI is InChI=1S/C20H23FN2O4/c1-3-4-13-26-16-11-9-15(10-12-16)20(25)23-22-19(24)14(2)27-18-8-6-5-7-17(18)21/h5-12,14H,3-4,13H2,1-2H3,(H,22,24)(H,23,25)/t14-/m0/s1. The van der Waals surface area contributed by atoms with Crippen molar-refractivity contribution in [2.45, 2.75) is 32.8 Å². The zero-order valence-corrected chi connectivity index (χ0v) is 15.3. The number of amides is 2. The van der Waals surface area contributed by atoms with Gasteiger partial charge in [0.25, 0.3) is 11.8 Å². The third-order valence-corrected chi connectivity index (χ3v) is 3.69. The lowest BCUT2D eigenvalue weighted by atomic mass is 10.2. The Morgan fingerprint density at radius 1 is 1.07 bits per heavy atom. The topological polar surface area (TPSA) is 76.7 Å². The lowest BCUT2D eigenvalue weighted by Crippen LogP contribution is -2.47. The van der Waals surface area contributed by atoms with Crippen LogP contribution < -0.4 is 20.3 Å². The van der Waals surface area contributed by atoms with Gasteiger partial charge in [0.1, 0.15) is 5.75 Å². The fourth-order valence-corrected chi connectivity index (χ4v) is 2.11. The monoisotopic (exact) mass is 374 g/mol. The van der Waals surface area contributed by atoms with Gasteiger partial charge in [-0.3, -0.25) is 20.4 Å². The van der Waals surface area contributed by atoms with Crippen LogP contribution in [0.3, 0.4) is 0 Å². The summed E-state index contributed by atoms with van der Waals surface area (Å²) in [6, 6.07) is 12.4. The Hall–Kier alpha value is -3.09. The summed E-state index contributed by atoms with van der Waals surface area (Å²) < 4.78 is 24.3. The molecule has 27 heavy (non-hydrogen) atoms. The molecule has 0 saturated heterocycles. The Morgan fingerprint density at radius 2 is 1.78 bits per heavy atom. The van der Waals surface area contributed by atoms with Crippen molar-refractivity contribution in [3.63, 3.8) is 0 Å². The minimum atomic E-state index is -0.989. The number of carbonyl (C=O) groups is 2. The van der Waals surface area contributed by atoms with Crippen molar-refractivity contribution >= 4 is 11.8 Å². The normalized spacial score (nSPS) is 11.4. The fourth-order valence-electron chi connectivity index (χ4n) is 2.11. The van der Waals surface area contributed by atoms with Crippen molar-refractivity contribution in [1.82, 2.24) is 10.9 Å². The number of benzene rings is 2. The second-order valence-electron chi connectivity index (χ2n) is 5.86.